The number of nitrogens with two attached hydrogens (primary N) is 1. The van der Waals surface area contributed by atoms with Crippen molar-refractivity contribution < 1.29 is 0 Å². The fourth-order valence-electron chi connectivity index (χ4n) is 1.17. The van der Waals surface area contributed by atoms with Crippen LogP contribution in [-0.4, -0.2) is 14.8 Å². The van der Waals surface area contributed by atoms with Gasteiger partial charge in [-0.3, -0.25) is 0 Å². The minimum absolute atomic E-state index is 0.433. The van der Waals surface area contributed by atoms with Crippen LogP contribution in [0.15, 0.2) is 22.0 Å². The van der Waals surface area contributed by atoms with Crippen molar-refractivity contribution in [3.8, 4) is 0 Å². The van der Waals surface area contributed by atoms with Gasteiger partial charge in [0.25, 0.3) is 0 Å². The Morgan fingerprint density at radius 2 is 2.40 bits per heavy atom. The maximum absolute atomic E-state index is 5.52. The summed E-state index contributed by atoms with van der Waals surface area (Å²) in [6.07, 6.45) is 0. The monoisotopic (exact) mass is 240 g/mol. The average molecular weight is 240 g/mol. The zero-order valence-corrected chi connectivity index (χ0v) is 10.0. The Morgan fingerprint density at radius 1 is 1.53 bits per heavy atom. The van der Waals surface area contributed by atoms with E-state index in [0.717, 1.165) is 16.7 Å². The fraction of sp³-hybridized carbons (Fsp3) is 0.333. The van der Waals surface area contributed by atoms with Crippen molar-refractivity contribution in [1.82, 2.24) is 14.8 Å². The van der Waals surface area contributed by atoms with Crippen LogP contribution in [-0.2, 0) is 19.3 Å². The lowest BCUT2D eigenvalue weighted by molar-refractivity contribution is 0.734. The summed E-state index contributed by atoms with van der Waals surface area (Å²) in [4.78, 5) is 0. The van der Waals surface area contributed by atoms with Crippen LogP contribution in [0.4, 0.5) is 0 Å². The van der Waals surface area contributed by atoms with Gasteiger partial charge in [-0.05, 0) is 22.4 Å². The van der Waals surface area contributed by atoms with Gasteiger partial charge < -0.3 is 10.3 Å². The van der Waals surface area contributed by atoms with E-state index >= 15 is 0 Å². The summed E-state index contributed by atoms with van der Waals surface area (Å²) < 4.78 is 1.94. The van der Waals surface area contributed by atoms with Crippen molar-refractivity contribution in [2.75, 3.05) is 0 Å². The van der Waals surface area contributed by atoms with Crippen LogP contribution in [0, 0.1) is 0 Å². The van der Waals surface area contributed by atoms with Gasteiger partial charge >= 0.3 is 0 Å². The van der Waals surface area contributed by atoms with Crippen LogP contribution in [0.1, 0.15) is 11.4 Å². The molecular formula is C9H12N4S2. The largest absolute Gasteiger partial charge is 0.324 e. The van der Waals surface area contributed by atoms with Gasteiger partial charge in [0, 0.05) is 12.8 Å². The van der Waals surface area contributed by atoms with Crippen molar-refractivity contribution in [3.63, 3.8) is 0 Å². The summed E-state index contributed by atoms with van der Waals surface area (Å²) in [6, 6.07) is 2.12. The molecule has 0 unspecified atom stereocenters. The van der Waals surface area contributed by atoms with Gasteiger partial charge in [-0.1, -0.05) is 11.8 Å². The SMILES string of the molecule is Cn1c(CN)nnc1SCc1ccsc1. The van der Waals surface area contributed by atoms with Crippen molar-refractivity contribution in [2.45, 2.75) is 17.5 Å². The predicted molar refractivity (Wildman–Crippen MR) is 62.8 cm³/mol. The van der Waals surface area contributed by atoms with E-state index < -0.39 is 0 Å². The highest BCUT2D eigenvalue weighted by molar-refractivity contribution is 7.98. The normalized spacial score (nSPS) is 10.8. The molecule has 0 amide bonds. The Hall–Kier alpha value is -0.850. The second kappa shape index (κ2) is 4.78. The fourth-order valence-corrected chi connectivity index (χ4v) is 2.82. The summed E-state index contributed by atoms with van der Waals surface area (Å²) >= 11 is 3.39. The van der Waals surface area contributed by atoms with Crippen LogP contribution >= 0.6 is 23.1 Å². The van der Waals surface area contributed by atoms with Crippen LogP contribution in [0.5, 0.6) is 0 Å². The number of thiophene rings is 1. The zero-order chi connectivity index (χ0) is 10.7. The number of nitrogens with zero attached hydrogens (tertiary/aromatic N) is 3. The standard InChI is InChI=1S/C9H12N4S2/c1-13-8(4-10)11-12-9(13)15-6-7-2-3-14-5-7/h2-3,5H,4,6,10H2,1H3. The molecular weight excluding hydrogens is 228 g/mol. The van der Waals surface area contributed by atoms with Crippen molar-refractivity contribution >= 4 is 23.1 Å². The minimum atomic E-state index is 0.433. The molecule has 0 bridgehead atoms. The Bertz CT molecular complexity index is 421. The third-order valence-corrected chi connectivity index (χ3v) is 3.88. The summed E-state index contributed by atoms with van der Waals surface area (Å²) in [5.41, 5.74) is 6.85. The van der Waals surface area contributed by atoms with Gasteiger partial charge in [-0.25, -0.2) is 0 Å². The zero-order valence-electron chi connectivity index (χ0n) is 8.38. The number of rotatable bonds is 4. The Kier molecular flexibility index (Phi) is 3.40. The molecule has 0 aliphatic carbocycles. The van der Waals surface area contributed by atoms with Gasteiger partial charge in [0.15, 0.2) is 5.16 Å². The molecule has 6 heteroatoms. The highest BCUT2D eigenvalue weighted by Gasteiger charge is 2.07. The van der Waals surface area contributed by atoms with Gasteiger partial charge in [-0.15, -0.1) is 10.2 Å². The van der Waals surface area contributed by atoms with Crippen LogP contribution < -0.4 is 5.73 Å². The van der Waals surface area contributed by atoms with E-state index in [2.05, 4.69) is 27.0 Å². The first kappa shape index (κ1) is 10.7. The first-order valence-corrected chi connectivity index (χ1v) is 6.46. The molecule has 0 fully saturated rings. The van der Waals surface area contributed by atoms with Crippen molar-refractivity contribution in [2.24, 2.45) is 12.8 Å². The molecule has 0 aliphatic heterocycles. The summed E-state index contributed by atoms with van der Waals surface area (Å²) in [6.45, 7) is 0.433. The van der Waals surface area contributed by atoms with E-state index in [4.69, 9.17) is 5.73 Å². The summed E-state index contributed by atoms with van der Waals surface area (Å²) in [7, 11) is 1.94. The van der Waals surface area contributed by atoms with E-state index in [0.29, 0.717) is 6.54 Å². The second-order valence-electron chi connectivity index (χ2n) is 3.08. The van der Waals surface area contributed by atoms with Crippen molar-refractivity contribution in [1.29, 1.82) is 0 Å². The second-order valence-corrected chi connectivity index (χ2v) is 4.80. The van der Waals surface area contributed by atoms with Gasteiger partial charge in [-0.2, -0.15) is 11.3 Å². The van der Waals surface area contributed by atoms with Crippen LogP contribution in [0.2, 0.25) is 0 Å². The van der Waals surface area contributed by atoms with E-state index in [9.17, 15) is 0 Å². The molecule has 0 spiro atoms. The van der Waals surface area contributed by atoms with Gasteiger partial charge in [0.05, 0.1) is 6.54 Å². The highest BCUT2D eigenvalue weighted by atomic mass is 32.2. The molecule has 15 heavy (non-hydrogen) atoms. The van der Waals surface area contributed by atoms with Crippen LogP contribution in [0.3, 0.4) is 0 Å². The first-order valence-electron chi connectivity index (χ1n) is 4.53. The van der Waals surface area contributed by atoms with Crippen molar-refractivity contribution in [3.05, 3.63) is 28.2 Å². The third-order valence-electron chi connectivity index (χ3n) is 2.06. The quantitative estimate of drug-likeness (QED) is 0.825. The molecule has 0 aliphatic rings. The average Bonchev–Trinajstić information content (AvgIpc) is 2.85. The minimum Gasteiger partial charge on any atom is -0.324 e. The number of thioether (sulfide) groups is 1. The Labute approximate surface area is 96.5 Å². The highest BCUT2D eigenvalue weighted by Crippen LogP contribution is 2.21. The summed E-state index contributed by atoms with van der Waals surface area (Å²) in [5.74, 6) is 1.75. The molecule has 2 aromatic rings. The molecule has 0 saturated heterocycles. The molecule has 0 saturated carbocycles. The van der Waals surface area contributed by atoms with Crippen LogP contribution in [0.25, 0.3) is 0 Å². The first-order chi connectivity index (χ1) is 7.31. The molecule has 0 aromatic carbocycles. The lowest BCUT2D eigenvalue weighted by Crippen LogP contribution is -2.05. The lowest BCUT2D eigenvalue weighted by Gasteiger charge is -2.00. The maximum atomic E-state index is 5.52. The topological polar surface area (TPSA) is 56.7 Å². The summed E-state index contributed by atoms with van der Waals surface area (Å²) in [5, 5.41) is 13.2. The van der Waals surface area contributed by atoms with E-state index in [-0.39, 0.29) is 0 Å². The smallest absolute Gasteiger partial charge is 0.191 e. The molecule has 0 atom stereocenters. The Morgan fingerprint density at radius 3 is 3.00 bits per heavy atom. The molecule has 0 radical (unpaired) electrons. The molecule has 80 valence electrons. The third kappa shape index (κ3) is 2.39. The van der Waals surface area contributed by atoms with E-state index in [1.54, 1.807) is 23.1 Å². The molecule has 4 nitrogen and oxygen atoms in total. The Balaban J connectivity index is 2.02. The molecule has 2 heterocycles. The van der Waals surface area contributed by atoms with E-state index in [1.807, 2.05) is 11.6 Å². The molecule has 2 aromatic heterocycles. The van der Waals surface area contributed by atoms with Gasteiger partial charge in [0.2, 0.25) is 0 Å². The number of aromatic nitrogens is 3. The number of hydrogen-bond acceptors (Lipinski definition) is 5. The number of hydrogen-bond donors (Lipinski definition) is 1. The van der Waals surface area contributed by atoms with Gasteiger partial charge in [0.1, 0.15) is 5.82 Å². The maximum Gasteiger partial charge on any atom is 0.191 e. The lowest BCUT2D eigenvalue weighted by atomic mass is 10.4. The van der Waals surface area contributed by atoms with E-state index in [1.165, 1.54) is 5.56 Å². The predicted octanol–water partition coefficient (Wildman–Crippen LogP) is 1.63. The molecule has 2 N–H and O–H groups in total. The molecule has 2 rings (SSSR count).